The molecule has 0 saturated heterocycles. The lowest BCUT2D eigenvalue weighted by atomic mass is 9.86. The Morgan fingerprint density at radius 2 is 1.50 bits per heavy atom. The standard InChI is InChI=1S/C18H30N2O4/c1-12(19-17(22)13-8-6-7-9-13)16(21)20-15-11-5-3-2-4-10-14(15)18(23)24/h12-15H,2-11H2,1H3,(H,19,22)(H,20,21)(H,23,24). The lowest BCUT2D eigenvalue weighted by Crippen LogP contribution is -2.52. The number of carboxylic acids is 1. The third-order valence-corrected chi connectivity index (χ3v) is 5.39. The van der Waals surface area contributed by atoms with E-state index < -0.39 is 17.9 Å². The van der Waals surface area contributed by atoms with Crippen molar-refractivity contribution >= 4 is 17.8 Å². The number of aliphatic carboxylic acids is 1. The summed E-state index contributed by atoms with van der Waals surface area (Å²) >= 11 is 0. The van der Waals surface area contributed by atoms with Gasteiger partial charge >= 0.3 is 5.97 Å². The van der Waals surface area contributed by atoms with E-state index in [0.717, 1.165) is 51.4 Å². The Kier molecular flexibility index (Phi) is 7.06. The molecule has 2 aliphatic rings. The number of carboxylic acid groups (broad SMARTS) is 1. The molecule has 24 heavy (non-hydrogen) atoms. The summed E-state index contributed by atoms with van der Waals surface area (Å²) in [6.45, 7) is 1.67. The van der Waals surface area contributed by atoms with Crippen LogP contribution in [0.4, 0.5) is 0 Å². The molecule has 2 fully saturated rings. The van der Waals surface area contributed by atoms with E-state index in [1.165, 1.54) is 0 Å². The summed E-state index contributed by atoms with van der Waals surface area (Å²) in [7, 11) is 0. The van der Waals surface area contributed by atoms with Gasteiger partial charge < -0.3 is 15.7 Å². The number of carbonyl (C=O) groups is 3. The fourth-order valence-electron chi connectivity index (χ4n) is 3.85. The van der Waals surface area contributed by atoms with Crippen molar-refractivity contribution in [1.29, 1.82) is 0 Å². The lowest BCUT2D eigenvalue weighted by molar-refractivity contribution is -0.144. The molecule has 2 saturated carbocycles. The van der Waals surface area contributed by atoms with Crippen molar-refractivity contribution in [2.45, 2.75) is 83.2 Å². The normalized spacial score (nSPS) is 26.9. The van der Waals surface area contributed by atoms with Crippen LogP contribution in [0.2, 0.25) is 0 Å². The minimum Gasteiger partial charge on any atom is -0.481 e. The van der Waals surface area contributed by atoms with E-state index in [-0.39, 0.29) is 23.8 Å². The maximum absolute atomic E-state index is 12.4. The van der Waals surface area contributed by atoms with E-state index in [2.05, 4.69) is 10.6 Å². The lowest BCUT2D eigenvalue weighted by Gasteiger charge is -2.28. The van der Waals surface area contributed by atoms with Crippen LogP contribution in [-0.2, 0) is 14.4 Å². The van der Waals surface area contributed by atoms with E-state index >= 15 is 0 Å². The van der Waals surface area contributed by atoms with Gasteiger partial charge in [-0.1, -0.05) is 38.5 Å². The minimum absolute atomic E-state index is 0.0217. The zero-order valence-corrected chi connectivity index (χ0v) is 14.6. The molecule has 136 valence electrons. The number of nitrogens with one attached hydrogen (secondary N) is 2. The van der Waals surface area contributed by atoms with Crippen molar-refractivity contribution < 1.29 is 19.5 Å². The average Bonchev–Trinajstić information content (AvgIpc) is 3.03. The molecule has 0 aromatic heterocycles. The molecule has 0 radical (unpaired) electrons. The van der Waals surface area contributed by atoms with Crippen molar-refractivity contribution in [3.63, 3.8) is 0 Å². The molecule has 0 aromatic carbocycles. The second-order valence-corrected chi connectivity index (χ2v) is 7.26. The molecule has 3 atom stereocenters. The highest BCUT2D eigenvalue weighted by Gasteiger charge is 2.32. The first-order valence-electron chi connectivity index (χ1n) is 9.32. The molecule has 0 heterocycles. The monoisotopic (exact) mass is 338 g/mol. The number of hydrogen-bond donors (Lipinski definition) is 3. The summed E-state index contributed by atoms with van der Waals surface area (Å²) in [4.78, 5) is 36.1. The number of hydrogen-bond acceptors (Lipinski definition) is 3. The van der Waals surface area contributed by atoms with Gasteiger partial charge in [0.25, 0.3) is 0 Å². The molecule has 0 bridgehead atoms. The molecule has 3 N–H and O–H groups in total. The van der Waals surface area contributed by atoms with Gasteiger partial charge in [0, 0.05) is 12.0 Å². The Hall–Kier alpha value is -1.59. The summed E-state index contributed by atoms with van der Waals surface area (Å²) in [5.74, 6) is -1.69. The zero-order chi connectivity index (χ0) is 17.5. The van der Waals surface area contributed by atoms with E-state index in [1.807, 2.05) is 0 Å². The third-order valence-electron chi connectivity index (χ3n) is 5.39. The number of carbonyl (C=O) groups excluding carboxylic acids is 2. The molecule has 0 aromatic rings. The summed E-state index contributed by atoms with van der Waals surface area (Å²) in [6.07, 6.45) is 9.16. The van der Waals surface area contributed by atoms with Crippen LogP contribution in [-0.4, -0.2) is 35.0 Å². The van der Waals surface area contributed by atoms with Crippen molar-refractivity contribution in [3.8, 4) is 0 Å². The van der Waals surface area contributed by atoms with Crippen LogP contribution in [0.15, 0.2) is 0 Å². The first kappa shape index (κ1) is 18.7. The predicted octanol–water partition coefficient (Wildman–Crippen LogP) is 2.22. The van der Waals surface area contributed by atoms with Gasteiger partial charge in [0.15, 0.2) is 0 Å². The van der Waals surface area contributed by atoms with Crippen LogP contribution >= 0.6 is 0 Å². The molecule has 0 aliphatic heterocycles. The Balaban J connectivity index is 1.89. The summed E-state index contributed by atoms with van der Waals surface area (Å²) < 4.78 is 0. The molecule has 3 unspecified atom stereocenters. The topological polar surface area (TPSA) is 95.5 Å². The van der Waals surface area contributed by atoms with Gasteiger partial charge in [0.05, 0.1) is 5.92 Å². The Labute approximate surface area is 143 Å². The summed E-state index contributed by atoms with van der Waals surface area (Å²) in [5.41, 5.74) is 0. The molecule has 6 heteroatoms. The van der Waals surface area contributed by atoms with Crippen LogP contribution in [0.5, 0.6) is 0 Å². The second kappa shape index (κ2) is 9.04. The van der Waals surface area contributed by atoms with Gasteiger partial charge in [0.2, 0.25) is 11.8 Å². The van der Waals surface area contributed by atoms with Gasteiger partial charge in [-0.25, -0.2) is 0 Å². The van der Waals surface area contributed by atoms with Crippen molar-refractivity contribution in [1.82, 2.24) is 10.6 Å². The Bertz CT molecular complexity index is 460. The highest BCUT2D eigenvalue weighted by Crippen LogP contribution is 2.25. The van der Waals surface area contributed by atoms with Crippen LogP contribution in [0.25, 0.3) is 0 Å². The molecule has 2 amide bonds. The number of amides is 2. The van der Waals surface area contributed by atoms with Gasteiger partial charge in [0.1, 0.15) is 6.04 Å². The molecule has 2 rings (SSSR count). The first-order chi connectivity index (χ1) is 11.5. The summed E-state index contributed by atoms with van der Waals surface area (Å²) in [6, 6.07) is -0.973. The predicted molar refractivity (Wildman–Crippen MR) is 90.3 cm³/mol. The van der Waals surface area contributed by atoms with Gasteiger partial charge in [-0.15, -0.1) is 0 Å². The fraction of sp³-hybridized carbons (Fsp3) is 0.833. The Morgan fingerprint density at radius 3 is 2.12 bits per heavy atom. The van der Waals surface area contributed by atoms with Crippen LogP contribution in [0.3, 0.4) is 0 Å². The molecule has 0 spiro atoms. The maximum atomic E-state index is 12.4. The Morgan fingerprint density at radius 1 is 0.917 bits per heavy atom. The van der Waals surface area contributed by atoms with Crippen molar-refractivity contribution in [2.75, 3.05) is 0 Å². The van der Waals surface area contributed by atoms with E-state index in [9.17, 15) is 19.5 Å². The van der Waals surface area contributed by atoms with Crippen LogP contribution < -0.4 is 10.6 Å². The van der Waals surface area contributed by atoms with Crippen LogP contribution in [0, 0.1) is 11.8 Å². The van der Waals surface area contributed by atoms with Gasteiger partial charge in [-0.3, -0.25) is 14.4 Å². The van der Waals surface area contributed by atoms with Crippen LogP contribution in [0.1, 0.15) is 71.1 Å². The first-order valence-corrected chi connectivity index (χ1v) is 9.32. The molecule has 2 aliphatic carbocycles. The van der Waals surface area contributed by atoms with Crippen molar-refractivity contribution in [3.05, 3.63) is 0 Å². The van der Waals surface area contributed by atoms with E-state index in [4.69, 9.17) is 0 Å². The smallest absolute Gasteiger partial charge is 0.308 e. The van der Waals surface area contributed by atoms with E-state index in [0.29, 0.717) is 12.8 Å². The summed E-state index contributed by atoms with van der Waals surface area (Å²) in [5, 5.41) is 15.1. The molecule has 6 nitrogen and oxygen atoms in total. The highest BCUT2D eigenvalue weighted by molar-refractivity contribution is 5.88. The van der Waals surface area contributed by atoms with Gasteiger partial charge in [-0.2, -0.15) is 0 Å². The minimum atomic E-state index is -0.843. The highest BCUT2D eigenvalue weighted by atomic mass is 16.4. The maximum Gasteiger partial charge on any atom is 0.308 e. The SMILES string of the molecule is CC(NC(=O)C1CCCC1)C(=O)NC1CCCCCCC1C(=O)O. The van der Waals surface area contributed by atoms with Crippen molar-refractivity contribution in [2.24, 2.45) is 11.8 Å². The quantitative estimate of drug-likeness (QED) is 0.716. The average molecular weight is 338 g/mol. The fourth-order valence-corrected chi connectivity index (χ4v) is 3.85. The zero-order valence-electron chi connectivity index (χ0n) is 14.6. The number of rotatable bonds is 5. The molecular formula is C18H30N2O4. The third kappa shape index (κ3) is 5.21. The van der Waals surface area contributed by atoms with E-state index in [1.54, 1.807) is 6.92 Å². The molecular weight excluding hydrogens is 308 g/mol. The van der Waals surface area contributed by atoms with Gasteiger partial charge in [-0.05, 0) is 32.6 Å². The largest absolute Gasteiger partial charge is 0.481 e. The second-order valence-electron chi connectivity index (χ2n) is 7.26.